The summed E-state index contributed by atoms with van der Waals surface area (Å²) < 4.78 is 18.7. The Morgan fingerprint density at radius 2 is 2.11 bits per heavy atom. The monoisotopic (exact) mass is 272 g/mol. The summed E-state index contributed by atoms with van der Waals surface area (Å²) in [7, 11) is 1.63. The molecule has 0 radical (unpaired) electrons. The van der Waals surface area contributed by atoms with E-state index in [0.717, 1.165) is 25.7 Å². The van der Waals surface area contributed by atoms with Gasteiger partial charge in [-0.05, 0) is 36.6 Å². The van der Waals surface area contributed by atoms with Crippen LogP contribution in [-0.2, 0) is 11.2 Å². The smallest absolute Gasteiger partial charge is 0.123 e. The molecule has 1 atom stereocenters. The number of hydrogen-bond acceptors (Lipinski definition) is 2. The van der Waals surface area contributed by atoms with Crippen LogP contribution in [0.4, 0.5) is 4.39 Å². The van der Waals surface area contributed by atoms with E-state index in [2.05, 4.69) is 0 Å². The molecule has 1 aliphatic carbocycles. The third kappa shape index (κ3) is 2.68. The zero-order valence-corrected chi connectivity index (χ0v) is 11.2. The molecule has 1 fully saturated rings. The second-order valence-corrected chi connectivity index (χ2v) is 5.34. The van der Waals surface area contributed by atoms with Crippen LogP contribution in [0.3, 0.4) is 0 Å². The molecule has 0 heterocycles. The fourth-order valence-electron chi connectivity index (χ4n) is 2.74. The summed E-state index contributed by atoms with van der Waals surface area (Å²) in [5.74, 6) is -0.334. The first-order valence-electron chi connectivity index (χ1n) is 6.24. The van der Waals surface area contributed by atoms with Crippen LogP contribution in [0.15, 0.2) is 18.2 Å². The minimum absolute atomic E-state index is 0.324. The Labute approximate surface area is 112 Å². The number of halogens is 2. The van der Waals surface area contributed by atoms with Gasteiger partial charge in [-0.25, -0.2) is 4.39 Å². The van der Waals surface area contributed by atoms with Crippen LogP contribution in [-0.4, -0.2) is 23.9 Å². The largest absolute Gasteiger partial charge is 0.390 e. The normalized spacial score (nSPS) is 20.0. The average molecular weight is 273 g/mol. The minimum atomic E-state index is -0.649. The van der Waals surface area contributed by atoms with Crippen LogP contribution in [0.5, 0.6) is 0 Å². The molecule has 4 heteroatoms. The molecular formula is C14H18ClFO2. The van der Waals surface area contributed by atoms with Crippen molar-refractivity contribution in [2.75, 3.05) is 7.11 Å². The van der Waals surface area contributed by atoms with Crippen LogP contribution >= 0.6 is 11.6 Å². The van der Waals surface area contributed by atoms with Crippen molar-refractivity contribution in [2.24, 2.45) is 0 Å². The summed E-state index contributed by atoms with van der Waals surface area (Å²) in [5, 5.41) is 10.8. The molecule has 0 amide bonds. The summed E-state index contributed by atoms with van der Waals surface area (Å²) in [5.41, 5.74) is 0.142. The van der Waals surface area contributed by atoms with Crippen molar-refractivity contribution in [3.05, 3.63) is 34.6 Å². The van der Waals surface area contributed by atoms with E-state index in [-0.39, 0.29) is 5.82 Å². The van der Waals surface area contributed by atoms with Gasteiger partial charge in [-0.3, -0.25) is 0 Å². The van der Waals surface area contributed by atoms with Crippen molar-refractivity contribution < 1.29 is 14.2 Å². The van der Waals surface area contributed by atoms with E-state index in [1.807, 2.05) is 0 Å². The SMILES string of the molecule is COC1(C(O)Cc2cc(F)ccc2Cl)CCCC1. The maximum absolute atomic E-state index is 13.2. The highest BCUT2D eigenvalue weighted by Gasteiger charge is 2.40. The Morgan fingerprint density at radius 1 is 1.44 bits per heavy atom. The molecule has 2 rings (SSSR count). The second kappa shape index (κ2) is 5.55. The fraction of sp³-hybridized carbons (Fsp3) is 0.571. The van der Waals surface area contributed by atoms with Crippen LogP contribution in [0.25, 0.3) is 0 Å². The van der Waals surface area contributed by atoms with Gasteiger partial charge in [-0.1, -0.05) is 24.4 Å². The highest BCUT2D eigenvalue weighted by atomic mass is 35.5. The van der Waals surface area contributed by atoms with Crippen molar-refractivity contribution >= 4 is 11.6 Å². The fourth-order valence-corrected chi connectivity index (χ4v) is 2.94. The number of aliphatic hydroxyl groups excluding tert-OH is 1. The second-order valence-electron chi connectivity index (χ2n) is 4.93. The minimum Gasteiger partial charge on any atom is -0.390 e. The van der Waals surface area contributed by atoms with Gasteiger partial charge < -0.3 is 9.84 Å². The Balaban J connectivity index is 2.15. The van der Waals surface area contributed by atoms with Gasteiger partial charge in [0.05, 0.1) is 11.7 Å². The summed E-state index contributed by atoms with van der Waals surface area (Å²) >= 11 is 6.02. The molecule has 1 N–H and O–H groups in total. The van der Waals surface area contributed by atoms with Crippen molar-refractivity contribution in [2.45, 2.75) is 43.8 Å². The third-order valence-corrected chi connectivity index (χ3v) is 4.25. The van der Waals surface area contributed by atoms with E-state index in [1.54, 1.807) is 7.11 Å². The highest BCUT2D eigenvalue weighted by Crippen LogP contribution is 2.37. The lowest BCUT2D eigenvalue weighted by Gasteiger charge is -2.33. The molecule has 0 saturated heterocycles. The molecule has 1 aliphatic rings. The lowest BCUT2D eigenvalue weighted by molar-refractivity contribution is -0.0971. The van der Waals surface area contributed by atoms with Crippen LogP contribution in [0, 0.1) is 5.82 Å². The number of benzene rings is 1. The molecule has 18 heavy (non-hydrogen) atoms. The van der Waals surface area contributed by atoms with Crippen molar-refractivity contribution in [3.63, 3.8) is 0 Å². The Bertz CT molecular complexity index is 416. The number of rotatable bonds is 4. The molecule has 1 aromatic rings. The number of hydrogen-bond donors (Lipinski definition) is 1. The Morgan fingerprint density at radius 3 is 2.72 bits per heavy atom. The zero-order valence-electron chi connectivity index (χ0n) is 10.5. The van der Waals surface area contributed by atoms with Gasteiger partial charge in [0, 0.05) is 18.6 Å². The maximum Gasteiger partial charge on any atom is 0.123 e. The van der Waals surface area contributed by atoms with Crippen LogP contribution in [0.2, 0.25) is 5.02 Å². The number of ether oxygens (including phenoxy) is 1. The van der Waals surface area contributed by atoms with E-state index in [1.165, 1.54) is 18.2 Å². The van der Waals surface area contributed by atoms with Crippen molar-refractivity contribution in [3.8, 4) is 0 Å². The van der Waals surface area contributed by atoms with Crippen LogP contribution in [0.1, 0.15) is 31.2 Å². The van der Waals surface area contributed by atoms with Gasteiger partial charge >= 0.3 is 0 Å². The topological polar surface area (TPSA) is 29.5 Å². The predicted molar refractivity (Wildman–Crippen MR) is 69.3 cm³/mol. The molecule has 0 bridgehead atoms. The van der Waals surface area contributed by atoms with Gasteiger partial charge in [0.15, 0.2) is 0 Å². The molecule has 1 saturated carbocycles. The molecule has 1 aromatic carbocycles. The number of aliphatic hydroxyl groups is 1. The van der Waals surface area contributed by atoms with E-state index in [9.17, 15) is 9.50 Å². The average Bonchev–Trinajstić information content (AvgIpc) is 2.84. The van der Waals surface area contributed by atoms with Gasteiger partial charge in [-0.15, -0.1) is 0 Å². The lowest BCUT2D eigenvalue weighted by Crippen LogP contribution is -2.42. The van der Waals surface area contributed by atoms with Crippen molar-refractivity contribution in [1.82, 2.24) is 0 Å². The van der Waals surface area contributed by atoms with E-state index < -0.39 is 11.7 Å². The quantitative estimate of drug-likeness (QED) is 0.911. The summed E-state index contributed by atoms with van der Waals surface area (Å²) in [6.45, 7) is 0. The summed E-state index contributed by atoms with van der Waals surface area (Å²) in [6.07, 6.45) is 3.48. The van der Waals surface area contributed by atoms with Gasteiger partial charge in [-0.2, -0.15) is 0 Å². The highest BCUT2D eigenvalue weighted by molar-refractivity contribution is 6.31. The maximum atomic E-state index is 13.2. The molecule has 0 aromatic heterocycles. The van der Waals surface area contributed by atoms with Gasteiger partial charge in [0.25, 0.3) is 0 Å². The van der Waals surface area contributed by atoms with E-state index in [0.29, 0.717) is 17.0 Å². The molecule has 1 unspecified atom stereocenters. The standard InChI is InChI=1S/C14H18ClFO2/c1-18-14(6-2-3-7-14)13(17)9-10-8-11(16)4-5-12(10)15/h4-5,8,13,17H,2-3,6-7,9H2,1H3. The zero-order chi connectivity index (χ0) is 13.2. The van der Waals surface area contributed by atoms with Gasteiger partial charge in [0.2, 0.25) is 0 Å². The van der Waals surface area contributed by atoms with E-state index in [4.69, 9.17) is 16.3 Å². The Kier molecular flexibility index (Phi) is 4.25. The third-order valence-electron chi connectivity index (χ3n) is 3.88. The molecule has 0 spiro atoms. The lowest BCUT2D eigenvalue weighted by atomic mass is 9.90. The summed E-state index contributed by atoms with van der Waals surface area (Å²) in [4.78, 5) is 0. The number of methoxy groups -OCH3 is 1. The molecule has 100 valence electrons. The first-order valence-corrected chi connectivity index (χ1v) is 6.62. The summed E-state index contributed by atoms with van der Waals surface area (Å²) in [6, 6.07) is 4.22. The molecule has 0 aliphatic heterocycles. The van der Waals surface area contributed by atoms with Crippen molar-refractivity contribution in [1.29, 1.82) is 0 Å². The predicted octanol–water partition coefficient (Wildman–Crippen LogP) is 3.34. The van der Waals surface area contributed by atoms with Crippen LogP contribution < -0.4 is 0 Å². The first kappa shape index (κ1) is 13.8. The first-order chi connectivity index (χ1) is 8.57. The Hall–Kier alpha value is -0.640. The molecule has 2 nitrogen and oxygen atoms in total. The van der Waals surface area contributed by atoms with E-state index >= 15 is 0 Å². The van der Waals surface area contributed by atoms with Gasteiger partial charge in [0.1, 0.15) is 5.82 Å². The molecular weight excluding hydrogens is 255 g/mol.